The minimum Gasteiger partial charge on any atom is -0.383 e. The molecule has 0 saturated heterocycles. The van der Waals surface area contributed by atoms with Crippen molar-refractivity contribution in [3.8, 4) is 6.07 Å². The molecule has 2 heterocycles. The summed E-state index contributed by atoms with van der Waals surface area (Å²) in [5.41, 5.74) is 10.1. The molecule has 0 amide bonds. The molecule has 0 atom stereocenters. The maximum absolute atomic E-state index is 9.25. The number of nitrogens with zero attached hydrogens (tertiary/aromatic N) is 3. The van der Waals surface area contributed by atoms with Crippen LogP contribution in [0.4, 0.5) is 5.82 Å². The van der Waals surface area contributed by atoms with Crippen LogP contribution in [-0.4, -0.2) is 9.55 Å². The second-order valence-corrected chi connectivity index (χ2v) is 5.10. The predicted octanol–water partition coefficient (Wildman–Crippen LogP) is 2.57. The molecule has 0 aliphatic heterocycles. The van der Waals surface area contributed by atoms with Gasteiger partial charge in [0.1, 0.15) is 11.9 Å². The molecule has 0 radical (unpaired) electrons. The zero-order chi connectivity index (χ0) is 13.4. The smallest absolute Gasteiger partial charge is 0.128 e. The van der Waals surface area contributed by atoms with Crippen LogP contribution in [0, 0.1) is 18.3 Å². The Morgan fingerprint density at radius 3 is 2.95 bits per heavy atom. The first-order valence-corrected chi connectivity index (χ1v) is 6.49. The van der Waals surface area contributed by atoms with Gasteiger partial charge in [0.2, 0.25) is 0 Å². The number of anilines is 1. The number of hydrogen-bond donors (Lipinski definition) is 1. The van der Waals surface area contributed by atoms with Crippen molar-refractivity contribution < 1.29 is 0 Å². The zero-order valence-electron chi connectivity index (χ0n) is 10.9. The van der Waals surface area contributed by atoms with Crippen LogP contribution in [0.3, 0.4) is 0 Å². The van der Waals surface area contributed by atoms with Gasteiger partial charge in [0.15, 0.2) is 0 Å². The molecule has 2 N–H and O–H groups in total. The normalized spacial score (nSPS) is 14.3. The number of nitrogens with two attached hydrogens (primary N) is 1. The van der Waals surface area contributed by atoms with Crippen molar-refractivity contribution in [1.29, 1.82) is 5.26 Å². The van der Waals surface area contributed by atoms with Crippen LogP contribution < -0.4 is 5.73 Å². The summed E-state index contributed by atoms with van der Waals surface area (Å²) in [6.45, 7) is 2.76. The second kappa shape index (κ2) is 4.43. The van der Waals surface area contributed by atoms with Crippen molar-refractivity contribution in [3.05, 3.63) is 46.9 Å². The average molecular weight is 252 g/mol. The minimum atomic E-state index is 0.557. The fourth-order valence-corrected chi connectivity index (χ4v) is 2.58. The van der Waals surface area contributed by atoms with Crippen molar-refractivity contribution in [1.82, 2.24) is 9.55 Å². The molecule has 96 valence electrons. The first kappa shape index (κ1) is 11.8. The highest BCUT2D eigenvalue weighted by atomic mass is 15.0. The van der Waals surface area contributed by atoms with Gasteiger partial charge in [0, 0.05) is 23.7 Å². The van der Waals surface area contributed by atoms with E-state index in [-0.39, 0.29) is 0 Å². The van der Waals surface area contributed by atoms with Crippen molar-refractivity contribution in [2.75, 3.05) is 5.73 Å². The van der Waals surface area contributed by atoms with Crippen LogP contribution in [-0.2, 0) is 6.54 Å². The van der Waals surface area contributed by atoms with Gasteiger partial charge in [-0.05, 0) is 37.3 Å². The largest absolute Gasteiger partial charge is 0.383 e. The van der Waals surface area contributed by atoms with Crippen molar-refractivity contribution in [2.45, 2.75) is 32.2 Å². The Morgan fingerprint density at radius 2 is 2.32 bits per heavy atom. The highest BCUT2D eigenvalue weighted by molar-refractivity contribution is 5.46. The topological polar surface area (TPSA) is 67.6 Å². The Kier molecular flexibility index (Phi) is 2.75. The molecule has 2 aromatic rings. The molecule has 1 aliphatic carbocycles. The van der Waals surface area contributed by atoms with Gasteiger partial charge in [-0.1, -0.05) is 6.07 Å². The van der Waals surface area contributed by atoms with Gasteiger partial charge in [0.25, 0.3) is 0 Å². The first-order valence-electron chi connectivity index (χ1n) is 6.49. The number of nitrogen functional groups attached to an aromatic ring is 1. The van der Waals surface area contributed by atoms with E-state index in [1.54, 1.807) is 6.20 Å². The Hall–Kier alpha value is -2.28. The molecular weight excluding hydrogens is 236 g/mol. The van der Waals surface area contributed by atoms with Gasteiger partial charge < -0.3 is 10.3 Å². The third-order valence-corrected chi connectivity index (χ3v) is 3.77. The number of hydrogen-bond acceptors (Lipinski definition) is 3. The summed E-state index contributed by atoms with van der Waals surface area (Å²) in [6, 6.07) is 6.17. The van der Waals surface area contributed by atoms with E-state index >= 15 is 0 Å². The summed E-state index contributed by atoms with van der Waals surface area (Å²) < 4.78 is 2.11. The summed E-state index contributed by atoms with van der Waals surface area (Å²) in [4.78, 5) is 4.10. The second-order valence-electron chi connectivity index (χ2n) is 5.10. The minimum absolute atomic E-state index is 0.557. The maximum Gasteiger partial charge on any atom is 0.128 e. The lowest BCUT2D eigenvalue weighted by Gasteiger charge is -2.08. The third kappa shape index (κ3) is 2.08. The molecule has 19 heavy (non-hydrogen) atoms. The first-order chi connectivity index (χ1) is 9.20. The highest BCUT2D eigenvalue weighted by Crippen LogP contribution is 2.43. The molecule has 4 heteroatoms. The van der Waals surface area contributed by atoms with E-state index in [1.807, 2.05) is 18.3 Å². The SMILES string of the molecule is Cc1c(C2CC2)c(C#N)cn1Cc1cccnc1N. The summed E-state index contributed by atoms with van der Waals surface area (Å²) in [7, 11) is 0. The fraction of sp³-hybridized carbons (Fsp3) is 0.333. The van der Waals surface area contributed by atoms with Crippen molar-refractivity contribution in [2.24, 2.45) is 0 Å². The van der Waals surface area contributed by atoms with Gasteiger partial charge in [-0.25, -0.2) is 4.98 Å². The van der Waals surface area contributed by atoms with E-state index in [0.29, 0.717) is 18.3 Å². The lowest BCUT2D eigenvalue weighted by molar-refractivity contribution is 0.768. The Balaban J connectivity index is 1.98. The lowest BCUT2D eigenvalue weighted by Crippen LogP contribution is -2.05. The maximum atomic E-state index is 9.25. The van der Waals surface area contributed by atoms with Crippen LogP contribution >= 0.6 is 0 Å². The standard InChI is InChI=1S/C15H16N4/c1-10-14(11-4-5-11)13(7-16)9-19(10)8-12-3-2-6-18-15(12)17/h2-3,6,9,11H,4-5,8H2,1H3,(H2,17,18). The fourth-order valence-electron chi connectivity index (χ4n) is 2.58. The van der Waals surface area contributed by atoms with Gasteiger partial charge >= 0.3 is 0 Å². The summed E-state index contributed by atoms with van der Waals surface area (Å²) in [5, 5.41) is 9.25. The lowest BCUT2D eigenvalue weighted by atomic mass is 10.1. The number of rotatable bonds is 3. The molecule has 0 aromatic carbocycles. The Labute approximate surface area is 112 Å². The zero-order valence-corrected chi connectivity index (χ0v) is 10.9. The van der Waals surface area contributed by atoms with E-state index in [4.69, 9.17) is 5.73 Å². The van der Waals surface area contributed by atoms with Crippen molar-refractivity contribution in [3.63, 3.8) is 0 Å². The van der Waals surface area contributed by atoms with Gasteiger partial charge in [-0.15, -0.1) is 0 Å². The van der Waals surface area contributed by atoms with Crippen LogP contribution in [0.2, 0.25) is 0 Å². The molecule has 4 nitrogen and oxygen atoms in total. The highest BCUT2D eigenvalue weighted by Gasteiger charge is 2.30. The van der Waals surface area contributed by atoms with Crippen LogP contribution in [0.25, 0.3) is 0 Å². The number of aromatic nitrogens is 2. The number of pyridine rings is 1. The van der Waals surface area contributed by atoms with E-state index in [1.165, 1.54) is 24.1 Å². The van der Waals surface area contributed by atoms with E-state index in [9.17, 15) is 5.26 Å². The molecular formula is C15H16N4. The summed E-state index contributed by atoms with van der Waals surface area (Å²) in [5.74, 6) is 1.14. The van der Waals surface area contributed by atoms with Gasteiger partial charge in [0.05, 0.1) is 12.1 Å². The van der Waals surface area contributed by atoms with Crippen LogP contribution in [0.1, 0.15) is 41.1 Å². The van der Waals surface area contributed by atoms with Crippen molar-refractivity contribution >= 4 is 5.82 Å². The molecule has 1 fully saturated rings. The van der Waals surface area contributed by atoms with Crippen LogP contribution in [0.15, 0.2) is 24.5 Å². The van der Waals surface area contributed by atoms with E-state index in [0.717, 1.165) is 11.1 Å². The molecule has 1 aliphatic rings. The van der Waals surface area contributed by atoms with Gasteiger partial charge in [-0.3, -0.25) is 0 Å². The van der Waals surface area contributed by atoms with E-state index < -0.39 is 0 Å². The van der Waals surface area contributed by atoms with E-state index in [2.05, 4.69) is 22.5 Å². The monoisotopic (exact) mass is 252 g/mol. The summed E-state index contributed by atoms with van der Waals surface area (Å²) in [6.07, 6.45) is 6.04. The molecule has 3 rings (SSSR count). The average Bonchev–Trinajstić information content (AvgIpc) is 3.19. The third-order valence-electron chi connectivity index (χ3n) is 3.77. The Morgan fingerprint density at radius 1 is 1.53 bits per heavy atom. The van der Waals surface area contributed by atoms with Gasteiger partial charge in [-0.2, -0.15) is 5.26 Å². The molecule has 0 bridgehead atoms. The number of nitriles is 1. The summed E-state index contributed by atoms with van der Waals surface area (Å²) >= 11 is 0. The molecule has 1 saturated carbocycles. The molecule has 0 spiro atoms. The molecule has 2 aromatic heterocycles. The molecule has 0 unspecified atom stereocenters. The predicted molar refractivity (Wildman–Crippen MR) is 73.6 cm³/mol. The quantitative estimate of drug-likeness (QED) is 0.912. The van der Waals surface area contributed by atoms with Crippen LogP contribution in [0.5, 0.6) is 0 Å². The Bertz CT molecular complexity index is 659.